The molecule has 2 radical (unpaired) electrons. The summed E-state index contributed by atoms with van der Waals surface area (Å²) < 4.78 is 11.4. The van der Waals surface area contributed by atoms with Gasteiger partial charge in [0.05, 0.1) is 0 Å². The second-order valence-electron chi connectivity index (χ2n) is 3.36. The fourth-order valence-corrected chi connectivity index (χ4v) is 1.33. The van der Waals surface area contributed by atoms with Crippen molar-refractivity contribution in [2.45, 2.75) is 64.7 Å². The van der Waals surface area contributed by atoms with E-state index in [9.17, 15) is 4.39 Å². The minimum atomic E-state index is 0.523. The van der Waals surface area contributed by atoms with Gasteiger partial charge >= 0.3 is 0 Å². The van der Waals surface area contributed by atoms with Crippen LogP contribution in [-0.2, 0) is 0 Å². The average molecular weight is 172 g/mol. The van der Waals surface area contributed by atoms with Gasteiger partial charge in [0.2, 0.25) is 0 Å². The van der Waals surface area contributed by atoms with Gasteiger partial charge in [-0.1, -0.05) is 58.3 Å². The zero-order chi connectivity index (χ0) is 9.07. The highest BCUT2D eigenvalue weighted by Gasteiger charge is 1.91. The normalized spacial score (nSPS) is 10.5. The standard InChI is InChI=1S/C11H21F/c1-2-3-4-5-6-7-8-9-10-11-12/h2-10H2,1H3. The molecule has 0 aromatic carbocycles. The maximum absolute atomic E-state index is 11.4. The Morgan fingerprint density at radius 2 is 1.33 bits per heavy atom. The number of hydrogen-bond acceptors (Lipinski definition) is 0. The monoisotopic (exact) mass is 172 g/mol. The highest BCUT2D eigenvalue weighted by atomic mass is 19.1. The predicted molar refractivity (Wildman–Crippen MR) is 51.6 cm³/mol. The number of halogens is 1. The van der Waals surface area contributed by atoms with E-state index in [0.717, 1.165) is 6.42 Å². The first-order chi connectivity index (χ1) is 5.91. The Hall–Kier alpha value is -0.0700. The van der Waals surface area contributed by atoms with E-state index >= 15 is 0 Å². The fraction of sp³-hybridized carbons (Fsp3) is 0.909. The number of unbranched alkanes of at least 4 members (excludes halogenated alkanes) is 8. The largest absolute Gasteiger partial charge is 0.236 e. The van der Waals surface area contributed by atoms with Crippen LogP contribution in [-0.4, -0.2) is 0 Å². The van der Waals surface area contributed by atoms with E-state index in [1.165, 1.54) is 44.9 Å². The number of rotatable bonds is 9. The predicted octanol–water partition coefficient (Wildman–Crippen LogP) is 4.53. The Bertz CT molecular complexity index is 61.4. The van der Waals surface area contributed by atoms with Gasteiger partial charge in [-0.25, -0.2) is 4.39 Å². The van der Waals surface area contributed by atoms with Crippen LogP contribution in [0.15, 0.2) is 0 Å². The molecule has 0 aliphatic carbocycles. The smallest absolute Gasteiger partial charge is 0.185 e. The van der Waals surface area contributed by atoms with Crippen molar-refractivity contribution in [3.63, 3.8) is 0 Å². The molecule has 0 aromatic rings. The molecule has 0 bridgehead atoms. The van der Waals surface area contributed by atoms with Crippen LogP contribution >= 0.6 is 0 Å². The molecule has 12 heavy (non-hydrogen) atoms. The summed E-state index contributed by atoms with van der Waals surface area (Å²) in [6.07, 6.45) is 10.7. The van der Waals surface area contributed by atoms with Crippen LogP contribution in [0.3, 0.4) is 0 Å². The van der Waals surface area contributed by atoms with Crippen molar-refractivity contribution < 1.29 is 4.39 Å². The topological polar surface area (TPSA) is 0 Å². The van der Waals surface area contributed by atoms with Gasteiger partial charge in [0, 0.05) is 0 Å². The molecular formula is C11H21F. The third-order valence-electron chi connectivity index (χ3n) is 2.12. The molecule has 0 fully saturated rings. The van der Waals surface area contributed by atoms with Gasteiger partial charge < -0.3 is 0 Å². The lowest BCUT2D eigenvalue weighted by Gasteiger charge is -1.99. The van der Waals surface area contributed by atoms with Crippen LogP contribution in [0.2, 0.25) is 0 Å². The fourth-order valence-electron chi connectivity index (χ4n) is 1.33. The van der Waals surface area contributed by atoms with Crippen molar-refractivity contribution in [2.24, 2.45) is 0 Å². The van der Waals surface area contributed by atoms with Crippen molar-refractivity contribution in [1.29, 1.82) is 0 Å². The summed E-state index contributed by atoms with van der Waals surface area (Å²) >= 11 is 0. The first-order valence-electron chi connectivity index (χ1n) is 5.25. The second kappa shape index (κ2) is 10.9. The van der Waals surface area contributed by atoms with E-state index in [1.807, 2.05) is 0 Å². The van der Waals surface area contributed by atoms with Crippen molar-refractivity contribution in [1.82, 2.24) is 0 Å². The minimum absolute atomic E-state index is 0.523. The summed E-state index contributed by atoms with van der Waals surface area (Å²) in [5.41, 5.74) is 0. The summed E-state index contributed by atoms with van der Waals surface area (Å²) in [6, 6.07) is 0. The molecule has 72 valence electrons. The lowest BCUT2D eigenvalue weighted by molar-refractivity contribution is 0.526. The van der Waals surface area contributed by atoms with Crippen LogP contribution in [0.25, 0.3) is 0 Å². The van der Waals surface area contributed by atoms with Gasteiger partial charge in [-0.2, -0.15) is 0 Å². The highest BCUT2D eigenvalue weighted by Crippen LogP contribution is 2.09. The van der Waals surface area contributed by atoms with Gasteiger partial charge in [-0.15, -0.1) is 0 Å². The van der Waals surface area contributed by atoms with Gasteiger partial charge in [0.15, 0.2) is 6.67 Å². The minimum Gasteiger partial charge on any atom is -0.236 e. The molecule has 0 saturated carbocycles. The molecule has 0 rings (SSSR count). The molecule has 0 saturated heterocycles. The third kappa shape index (κ3) is 9.93. The Labute approximate surface area is 76.6 Å². The summed E-state index contributed by atoms with van der Waals surface area (Å²) in [6.45, 7) is 3.91. The van der Waals surface area contributed by atoms with E-state index in [0.29, 0.717) is 6.42 Å². The van der Waals surface area contributed by atoms with Crippen molar-refractivity contribution >= 4 is 0 Å². The van der Waals surface area contributed by atoms with E-state index in [-0.39, 0.29) is 0 Å². The molecule has 0 heterocycles. The maximum atomic E-state index is 11.4. The Morgan fingerprint density at radius 3 is 1.83 bits per heavy atom. The molecule has 0 aromatic heterocycles. The summed E-state index contributed by atoms with van der Waals surface area (Å²) in [4.78, 5) is 0. The van der Waals surface area contributed by atoms with Gasteiger partial charge in [-0.3, -0.25) is 0 Å². The average Bonchev–Trinajstić information content (AvgIpc) is 2.10. The lowest BCUT2D eigenvalue weighted by atomic mass is 10.1. The van der Waals surface area contributed by atoms with E-state index in [4.69, 9.17) is 0 Å². The van der Waals surface area contributed by atoms with Crippen molar-refractivity contribution in [3.05, 3.63) is 6.67 Å². The van der Waals surface area contributed by atoms with E-state index in [2.05, 4.69) is 6.92 Å². The molecule has 0 amide bonds. The number of hydrogen-bond donors (Lipinski definition) is 0. The summed E-state index contributed by atoms with van der Waals surface area (Å²) in [5, 5.41) is 0. The van der Waals surface area contributed by atoms with Gasteiger partial charge in [0.25, 0.3) is 0 Å². The van der Waals surface area contributed by atoms with Crippen molar-refractivity contribution in [2.75, 3.05) is 0 Å². The molecule has 0 nitrogen and oxygen atoms in total. The van der Waals surface area contributed by atoms with Crippen LogP contribution in [0.1, 0.15) is 64.7 Å². The molecule has 0 spiro atoms. The SMILES string of the molecule is CCCCCCCCCC[C]F. The van der Waals surface area contributed by atoms with Crippen LogP contribution in [0, 0.1) is 6.67 Å². The van der Waals surface area contributed by atoms with Gasteiger partial charge in [-0.05, 0) is 6.42 Å². The quantitative estimate of drug-likeness (QED) is 0.448. The second-order valence-corrected chi connectivity index (χ2v) is 3.36. The summed E-state index contributed by atoms with van der Waals surface area (Å²) in [5.74, 6) is 0. The Balaban J connectivity index is 2.73. The van der Waals surface area contributed by atoms with Crippen LogP contribution in [0.5, 0.6) is 0 Å². The van der Waals surface area contributed by atoms with Crippen LogP contribution < -0.4 is 0 Å². The van der Waals surface area contributed by atoms with E-state index < -0.39 is 0 Å². The zero-order valence-electron chi connectivity index (χ0n) is 8.24. The molecule has 1 heteroatoms. The molecular weight excluding hydrogens is 151 g/mol. The molecule has 0 N–H and O–H groups in total. The molecule has 0 aliphatic heterocycles. The van der Waals surface area contributed by atoms with Crippen molar-refractivity contribution in [3.8, 4) is 0 Å². The molecule has 0 aliphatic rings. The lowest BCUT2D eigenvalue weighted by Crippen LogP contribution is -1.80. The third-order valence-corrected chi connectivity index (χ3v) is 2.12. The maximum Gasteiger partial charge on any atom is 0.185 e. The molecule has 0 atom stereocenters. The Kier molecular flexibility index (Phi) is 10.9. The first kappa shape index (κ1) is 11.9. The Morgan fingerprint density at radius 1 is 0.833 bits per heavy atom. The van der Waals surface area contributed by atoms with E-state index in [1.54, 1.807) is 6.67 Å². The zero-order valence-corrected chi connectivity index (χ0v) is 8.24. The highest BCUT2D eigenvalue weighted by molar-refractivity contribution is 4.50. The summed E-state index contributed by atoms with van der Waals surface area (Å²) in [7, 11) is 0. The van der Waals surface area contributed by atoms with Gasteiger partial charge in [0.1, 0.15) is 0 Å². The first-order valence-corrected chi connectivity index (χ1v) is 5.25. The molecule has 0 unspecified atom stereocenters. The van der Waals surface area contributed by atoms with Crippen LogP contribution in [0.4, 0.5) is 4.39 Å².